The molecule has 3 N–H and O–H groups in total. The number of H-pyrrole nitrogens is 1. The molecular formula is C17H14N6O3. The van der Waals surface area contributed by atoms with Gasteiger partial charge >= 0.3 is 0 Å². The summed E-state index contributed by atoms with van der Waals surface area (Å²) in [7, 11) is 0. The van der Waals surface area contributed by atoms with Crippen LogP contribution in [0.25, 0.3) is 16.8 Å². The standard InChI is InChI=1S/C17H14N6O3/c1-9(24)22(11-4-2-10(18)3-5-11)17-20-16-19-12-6-14-15(26-8-25-14)7-13(12)23(16)21-17/h2-7H,8,18H2,1H3,(H,19,20,21). The number of imidazole rings is 1. The van der Waals surface area contributed by atoms with Crippen molar-refractivity contribution in [2.75, 3.05) is 17.4 Å². The summed E-state index contributed by atoms with van der Waals surface area (Å²) in [4.78, 5) is 22.6. The molecule has 0 fully saturated rings. The summed E-state index contributed by atoms with van der Waals surface area (Å²) < 4.78 is 12.5. The van der Waals surface area contributed by atoms with Gasteiger partial charge in [0.05, 0.1) is 16.7 Å². The van der Waals surface area contributed by atoms with Crippen molar-refractivity contribution in [3.63, 3.8) is 0 Å². The van der Waals surface area contributed by atoms with Gasteiger partial charge in [-0.3, -0.25) is 9.89 Å². The fourth-order valence-corrected chi connectivity index (χ4v) is 3.04. The predicted octanol–water partition coefficient (Wildman–Crippen LogP) is 2.21. The molecule has 2 aromatic heterocycles. The van der Waals surface area contributed by atoms with Crippen LogP contribution in [0.1, 0.15) is 6.92 Å². The van der Waals surface area contributed by atoms with Gasteiger partial charge < -0.3 is 15.2 Å². The number of ether oxygens (including phenoxy) is 2. The Kier molecular flexibility index (Phi) is 2.87. The molecule has 3 heterocycles. The van der Waals surface area contributed by atoms with Crippen LogP contribution in [0.2, 0.25) is 0 Å². The lowest BCUT2D eigenvalue weighted by Crippen LogP contribution is -2.24. The first kappa shape index (κ1) is 14.6. The maximum absolute atomic E-state index is 12.2. The molecule has 4 aromatic rings. The molecule has 1 aliphatic rings. The number of nitrogens with one attached hydrogen (secondary N) is 1. The fraction of sp³-hybridized carbons (Fsp3) is 0.118. The summed E-state index contributed by atoms with van der Waals surface area (Å²) in [6, 6.07) is 10.6. The van der Waals surface area contributed by atoms with Gasteiger partial charge in [-0.15, -0.1) is 0 Å². The van der Waals surface area contributed by atoms with E-state index >= 15 is 0 Å². The van der Waals surface area contributed by atoms with E-state index in [-0.39, 0.29) is 12.7 Å². The Balaban J connectivity index is 1.66. The highest BCUT2D eigenvalue weighted by Gasteiger charge is 2.22. The number of anilines is 3. The molecule has 2 aromatic carbocycles. The van der Waals surface area contributed by atoms with Crippen LogP contribution in [-0.4, -0.2) is 32.3 Å². The number of nitrogens with zero attached hydrogens (tertiary/aromatic N) is 4. The molecule has 0 bridgehead atoms. The van der Waals surface area contributed by atoms with Crippen LogP contribution in [0.3, 0.4) is 0 Å². The number of fused-ring (bicyclic) bond motifs is 4. The third-order valence-corrected chi connectivity index (χ3v) is 4.23. The first-order valence-corrected chi connectivity index (χ1v) is 7.94. The minimum atomic E-state index is -0.186. The molecule has 9 nitrogen and oxygen atoms in total. The zero-order valence-electron chi connectivity index (χ0n) is 13.8. The first-order chi connectivity index (χ1) is 12.6. The van der Waals surface area contributed by atoms with Gasteiger partial charge in [0.1, 0.15) is 0 Å². The average Bonchev–Trinajstić information content (AvgIpc) is 3.28. The third-order valence-electron chi connectivity index (χ3n) is 4.23. The fourth-order valence-electron chi connectivity index (χ4n) is 3.04. The lowest BCUT2D eigenvalue weighted by atomic mass is 10.2. The van der Waals surface area contributed by atoms with Crippen molar-refractivity contribution < 1.29 is 14.3 Å². The smallest absolute Gasteiger partial charge is 0.253 e. The zero-order chi connectivity index (χ0) is 17.8. The number of nitrogens with two attached hydrogens (primary N) is 1. The quantitative estimate of drug-likeness (QED) is 0.536. The van der Waals surface area contributed by atoms with Crippen LogP contribution in [0.4, 0.5) is 17.3 Å². The molecule has 1 amide bonds. The van der Waals surface area contributed by atoms with Crippen molar-refractivity contribution >= 4 is 40.0 Å². The molecule has 0 atom stereocenters. The zero-order valence-corrected chi connectivity index (χ0v) is 13.8. The summed E-state index contributed by atoms with van der Waals surface area (Å²) in [5.41, 5.74) is 8.51. The minimum absolute atomic E-state index is 0.186. The van der Waals surface area contributed by atoms with Gasteiger partial charge in [-0.25, -0.2) is 14.4 Å². The van der Waals surface area contributed by atoms with Crippen molar-refractivity contribution in [3.05, 3.63) is 36.4 Å². The van der Waals surface area contributed by atoms with E-state index in [1.807, 2.05) is 12.1 Å². The van der Waals surface area contributed by atoms with E-state index in [4.69, 9.17) is 15.2 Å². The van der Waals surface area contributed by atoms with Crippen molar-refractivity contribution in [2.24, 2.45) is 0 Å². The van der Waals surface area contributed by atoms with Crippen LogP contribution in [0.15, 0.2) is 36.4 Å². The molecule has 1 aliphatic heterocycles. The lowest BCUT2D eigenvalue weighted by molar-refractivity contribution is -0.115. The molecule has 0 saturated carbocycles. The second-order valence-corrected chi connectivity index (χ2v) is 5.93. The molecule has 5 rings (SSSR count). The summed E-state index contributed by atoms with van der Waals surface area (Å²) in [5, 5.41) is 3.12. The molecule has 9 heteroatoms. The number of benzene rings is 2. The Labute approximate surface area is 146 Å². The van der Waals surface area contributed by atoms with E-state index < -0.39 is 0 Å². The van der Waals surface area contributed by atoms with Gasteiger partial charge in [-0.1, -0.05) is 0 Å². The summed E-state index contributed by atoms with van der Waals surface area (Å²) in [6.07, 6.45) is 0. The second-order valence-electron chi connectivity index (χ2n) is 5.93. The molecule has 0 unspecified atom stereocenters. The topological polar surface area (TPSA) is 111 Å². The molecule has 0 saturated heterocycles. The Bertz CT molecular complexity index is 1160. The average molecular weight is 350 g/mol. The first-order valence-electron chi connectivity index (χ1n) is 7.94. The van der Waals surface area contributed by atoms with E-state index in [1.54, 1.807) is 28.8 Å². The molecule has 26 heavy (non-hydrogen) atoms. The number of nitrogen functional groups attached to an aromatic ring is 1. The predicted molar refractivity (Wildman–Crippen MR) is 94.6 cm³/mol. The Morgan fingerprint density at radius 2 is 1.92 bits per heavy atom. The van der Waals surface area contributed by atoms with Crippen LogP contribution in [0.5, 0.6) is 11.5 Å². The second kappa shape index (κ2) is 5.12. The highest BCUT2D eigenvalue weighted by Crippen LogP contribution is 2.36. The number of rotatable bonds is 2. The van der Waals surface area contributed by atoms with Crippen LogP contribution in [0, 0.1) is 0 Å². The van der Waals surface area contributed by atoms with Crippen LogP contribution < -0.4 is 20.1 Å². The maximum Gasteiger partial charge on any atom is 0.253 e. The van der Waals surface area contributed by atoms with E-state index in [0.717, 1.165) is 11.0 Å². The minimum Gasteiger partial charge on any atom is -0.454 e. The van der Waals surface area contributed by atoms with E-state index in [0.29, 0.717) is 34.6 Å². The number of aromatic amines is 1. The highest BCUT2D eigenvalue weighted by molar-refractivity contribution is 5.97. The van der Waals surface area contributed by atoms with Crippen LogP contribution >= 0.6 is 0 Å². The number of aromatic nitrogens is 4. The normalized spacial score (nSPS) is 12.8. The Hall–Kier alpha value is -3.75. The van der Waals surface area contributed by atoms with Gasteiger partial charge in [0.2, 0.25) is 18.6 Å². The van der Waals surface area contributed by atoms with E-state index in [9.17, 15) is 4.79 Å². The molecule has 0 radical (unpaired) electrons. The van der Waals surface area contributed by atoms with E-state index in [2.05, 4.69) is 15.1 Å². The monoisotopic (exact) mass is 350 g/mol. The van der Waals surface area contributed by atoms with Gasteiger partial charge in [0.25, 0.3) is 5.78 Å². The lowest BCUT2D eigenvalue weighted by Gasteiger charge is -2.17. The number of hydrogen-bond acceptors (Lipinski definition) is 6. The number of carbonyl (C=O) groups is 1. The molecular weight excluding hydrogens is 336 g/mol. The summed E-state index contributed by atoms with van der Waals surface area (Å²) >= 11 is 0. The number of hydrogen-bond donors (Lipinski definition) is 2. The Morgan fingerprint density at radius 1 is 1.19 bits per heavy atom. The van der Waals surface area contributed by atoms with Crippen molar-refractivity contribution in [1.29, 1.82) is 0 Å². The van der Waals surface area contributed by atoms with Crippen LogP contribution in [-0.2, 0) is 4.79 Å². The SMILES string of the molecule is CC(=O)N(c1ccc(N)cc1)c1nc2nc3cc4c(cc3n2[nH]1)OCO4. The van der Waals surface area contributed by atoms with Gasteiger partial charge in [-0.05, 0) is 24.3 Å². The Morgan fingerprint density at radius 3 is 2.65 bits per heavy atom. The van der Waals surface area contributed by atoms with Gasteiger partial charge in [0, 0.05) is 24.7 Å². The van der Waals surface area contributed by atoms with Gasteiger partial charge in [-0.2, -0.15) is 4.98 Å². The number of carbonyl (C=O) groups excluding carboxylic acids is 1. The molecule has 0 spiro atoms. The maximum atomic E-state index is 12.2. The molecule has 0 aliphatic carbocycles. The van der Waals surface area contributed by atoms with E-state index in [1.165, 1.54) is 11.8 Å². The largest absolute Gasteiger partial charge is 0.454 e. The molecule has 130 valence electrons. The van der Waals surface area contributed by atoms with Crippen molar-refractivity contribution in [2.45, 2.75) is 6.92 Å². The number of amides is 1. The van der Waals surface area contributed by atoms with Crippen molar-refractivity contribution in [3.8, 4) is 11.5 Å². The highest BCUT2D eigenvalue weighted by atomic mass is 16.7. The summed E-state index contributed by atoms with van der Waals surface area (Å²) in [6.45, 7) is 1.66. The summed E-state index contributed by atoms with van der Waals surface area (Å²) in [5.74, 6) is 1.93. The van der Waals surface area contributed by atoms with Gasteiger partial charge in [0.15, 0.2) is 11.5 Å². The third kappa shape index (κ3) is 2.07. The van der Waals surface area contributed by atoms with Crippen molar-refractivity contribution in [1.82, 2.24) is 19.6 Å².